The molecule has 6 nitrogen and oxygen atoms in total. The van der Waals surface area contributed by atoms with Crippen LogP contribution in [-0.2, 0) is 0 Å². The summed E-state index contributed by atoms with van der Waals surface area (Å²) in [4.78, 5) is 26.8. The van der Waals surface area contributed by atoms with Crippen molar-refractivity contribution in [2.24, 2.45) is 15.7 Å². The molecule has 1 aromatic heterocycles. The topological polar surface area (TPSA) is 96.5 Å². The molecule has 6 heteroatoms. The van der Waals surface area contributed by atoms with Gasteiger partial charge in [-0.1, -0.05) is 48.5 Å². The Bertz CT molecular complexity index is 987. The minimum Gasteiger partial charge on any atom is -0.368 e. The number of aromatic amines is 1. The molecule has 0 aliphatic rings. The fraction of sp³-hybridized carbons (Fsp3) is 0. The van der Waals surface area contributed by atoms with Gasteiger partial charge in [-0.3, -0.25) is 9.78 Å². The number of nitrogens with two attached hydrogens (primary N) is 1. The lowest BCUT2D eigenvalue weighted by Gasteiger charge is -1.98. The van der Waals surface area contributed by atoms with E-state index in [-0.39, 0.29) is 17.5 Å². The van der Waals surface area contributed by atoms with Crippen molar-refractivity contribution >= 4 is 35.1 Å². The van der Waals surface area contributed by atoms with Crippen LogP contribution in [0.5, 0.6) is 0 Å². The summed E-state index contributed by atoms with van der Waals surface area (Å²) in [5.41, 5.74) is 7.08. The van der Waals surface area contributed by atoms with Gasteiger partial charge in [-0.15, -0.1) is 0 Å². The van der Waals surface area contributed by atoms with E-state index in [2.05, 4.69) is 20.0 Å². The molecule has 0 radical (unpaired) electrons. The molecular weight excluding hydrogens is 302 g/mol. The summed E-state index contributed by atoms with van der Waals surface area (Å²) >= 11 is 0. The summed E-state index contributed by atoms with van der Waals surface area (Å²) in [5.74, 6) is 0.131. The van der Waals surface area contributed by atoms with Gasteiger partial charge in [0.15, 0.2) is 0 Å². The number of aromatic nitrogens is 2. The maximum absolute atomic E-state index is 11.9. The number of H-pyrrole nitrogens is 1. The third-order valence-corrected chi connectivity index (χ3v) is 3.20. The predicted octanol–water partition coefficient (Wildman–Crippen LogP) is 2.65. The Morgan fingerprint density at radius 2 is 1.83 bits per heavy atom. The highest BCUT2D eigenvalue weighted by Crippen LogP contribution is 2.09. The second-order valence-electron chi connectivity index (χ2n) is 4.92. The summed E-state index contributed by atoms with van der Waals surface area (Å²) in [6.07, 6.45) is 5.19. The maximum atomic E-state index is 11.9. The van der Waals surface area contributed by atoms with Crippen molar-refractivity contribution in [3.8, 4) is 0 Å². The first-order valence-corrected chi connectivity index (χ1v) is 7.31. The molecule has 0 saturated heterocycles. The van der Waals surface area contributed by atoms with Crippen molar-refractivity contribution in [1.82, 2.24) is 9.97 Å². The standard InChI is InChI=1S/C18H15N5O/c19-17(20-12-6-9-13-7-2-1-3-8-13)23-18-21-15-11-5-4-10-14(15)16(24)22-18/h1-12H,(H3,19,21,22,23,24)/b9-6+,20-12?. The third kappa shape index (κ3) is 3.80. The van der Waals surface area contributed by atoms with E-state index in [1.807, 2.05) is 36.4 Å². The fourth-order valence-corrected chi connectivity index (χ4v) is 2.10. The highest BCUT2D eigenvalue weighted by atomic mass is 16.1. The van der Waals surface area contributed by atoms with Crippen LogP contribution in [0.25, 0.3) is 17.0 Å². The minimum atomic E-state index is -0.264. The number of hydrogen-bond donors (Lipinski definition) is 2. The number of benzene rings is 2. The van der Waals surface area contributed by atoms with Gasteiger partial charge in [0.25, 0.3) is 5.56 Å². The number of fused-ring (bicyclic) bond motifs is 1. The van der Waals surface area contributed by atoms with Crippen molar-refractivity contribution in [3.05, 3.63) is 76.6 Å². The zero-order valence-corrected chi connectivity index (χ0v) is 12.8. The zero-order chi connectivity index (χ0) is 16.8. The summed E-state index contributed by atoms with van der Waals surface area (Å²) in [5, 5.41) is 0.504. The van der Waals surface area contributed by atoms with Crippen LogP contribution < -0.4 is 11.3 Å². The molecule has 0 amide bonds. The normalized spacial score (nSPS) is 12.4. The average Bonchev–Trinajstić information content (AvgIpc) is 2.60. The Labute approximate surface area is 138 Å². The van der Waals surface area contributed by atoms with Crippen molar-refractivity contribution in [1.29, 1.82) is 0 Å². The number of guanidine groups is 1. The summed E-state index contributed by atoms with van der Waals surface area (Å²) < 4.78 is 0. The monoisotopic (exact) mass is 317 g/mol. The van der Waals surface area contributed by atoms with Crippen molar-refractivity contribution in [3.63, 3.8) is 0 Å². The van der Waals surface area contributed by atoms with Gasteiger partial charge in [0.1, 0.15) is 0 Å². The zero-order valence-electron chi connectivity index (χ0n) is 12.8. The first-order chi connectivity index (χ1) is 11.7. The highest BCUT2D eigenvalue weighted by Gasteiger charge is 2.02. The van der Waals surface area contributed by atoms with Crippen LogP contribution >= 0.6 is 0 Å². The van der Waals surface area contributed by atoms with Crippen LogP contribution in [0.2, 0.25) is 0 Å². The van der Waals surface area contributed by atoms with Crippen LogP contribution in [0, 0.1) is 0 Å². The molecule has 1 heterocycles. The summed E-state index contributed by atoms with van der Waals surface area (Å²) in [7, 11) is 0. The van der Waals surface area contributed by atoms with Gasteiger partial charge < -0.3 is 5.73 Å². The number of para-hydroxylation sites is 1. The van der Waals surface area contributed by atoms with Crippen LogP contribution in [0.4, 0.5) is 5.95 Å². The lowest BCUT2D eigenvalue weighted by molar-refractivity contribution is 1.13. The Hall–Kier alpha value is -3.54. The molecule has 0 spiro atoms. The molecule has 3 N–H and O–H groups in total. The summed E-state index contributed by atoms with van der Waals surface area (Å²) in [6.45, 7) is 0. The molecule has 0 aliphatic heterocycles. The molecule has 3 aromatic rings. The van der Waals surface area contributed by atoms with Crippen LogP contribution in [-0.4, -0.2) is 22.1 Å². The van der Waals surface area contributed by atoms with E-state index in [4.69, 9.17) is 5.73 Å². The lowest BCUT2D eigenvalue weighted by Crippen LogP contribution is -2.11. The molecule has 3 rings (SSSR count). The highest BCUT2D eigenvalue weighted by molar-refractivity contribution is 5.92. The van der Waals surface area contributed by atoms with Gasteiger partial charge >= 0.3 is 0 Å². The van der Waals surface area contributed by atoms with E-state index in [0.717, 1.165) is 5.56 Å². The molecule has 2 aromatic carbocycles. The van der Waals surface area contributed by atoms with Crippen LogP contribution in [0.3, 0.4) is 0 Å². The fourth-order valence-electron chi connectivity index (χ4n) is 2.10. The smallest absolute Gasteiger partial charge is 0.260 e. The second-order valence-corrected chi connectivity index (χ2v) is 4.92. The molecule has 0 aliphatic carbocycles. The van der Waals surface area contributed by atoms with E-state index in [1.165, 1.54) is 6.21 Å². The molecule has 0 unspecified atom stereocenters. The van der Waals surface area contributed by atoms with Gasteiger partial charge in [0.2, 0.25) is 11.9 Å². The molecule has 0 atom stereocenters. The van der Waals surface area contributed by atoms with E-state index in [1.54, 1.807) is 30.3 Å². The van der Waals surface area contributed by atoms with E-state index >= 15 is 0 Å². The van der Waals surface area contributed by atoms with Gasteiger partial charge in [0.05, 0.1) is 10.9 Å². The predicted molar refractivity (Wildman–Crippen MR) is 97.6 cm³/mol. The number of hydrogen-bond acceptors (Lipinski definition) is 3. The largest absolute Gasteiger partial charge is 0.368 e. The van der Waals surface area contributed by atoms with E-state index in [9.17, 15) is 4.79 Å². The Morgan fingerprint density at radius 1 is 1.08 bits per heavy atom. The van der Waals surface area contributed by atoms with Crippen molar-refractivity contribution in [2.45, 2.75) is 0 Å². The molecule has 24 heavy (non-hydrogen) atoms. The summed E-state index contributed by atoms with van der Waals surface area (Å²) in [6, 6.07) is 16.8. The first-order valence-electron chi connectivity index (χ1n) is 7.31. The number of nitrogens with zero attached hydrogens (tertiary/aromatic N) is 3. The van der Waals surface area contributed by atoms with Gasteiger partial charge in [-0.2, -0.15) is 4.99 Å². The van der Waals surface area contributed by atoms with Gasteiger partial charge in [-0.25, -0.2) is 9.98 Å². The number of nitrogens with one attached hydrogen (secondary N) is 1. The minimum absolute atomic E-state index is 0.00569. The van der Waals surface area contributed by atoms with Crippen LogP contribution in [0.1, 0.15) is 5.56 Å². The molecule has 118 valence electrons. The average molecular weight is 317 g/mol. The van der Waals surface area contributed by atoms with Gasteiger partial charge in [-0.05, 0) is 23.8 Å². The van der Waals surface area contributed by atoms with Crippen LogP contribution in [0.15, 0.2) is 75.5 Å². The van der Waals surface area contributed by atoms with E-state index in [0.29, 0.717) is 10.9 Å². The van der Waals surface area contributed by atoms with Gasteiger partial charge in [0, 0.05) is 6.21 Å². The second kappa shape index (κ2) is 7.15. The number of rotatable bonds is 3. The number of aliphatic imine (C=N–C) groups is 2. The number of allylic oxidation sites excluding steroid dienone is 1. The Balaban J connectivity index is 1.77. The quantitative estimate of drug-likeness (QED) is 0.574. The molecule has 0 fully saturated rings. The first kappa shape index (κ1) is 15.4. The Kier molecular flexibility index (Phi) is 4.57. The van der Waals surface area contributed by atoms with Crippen molar-refractivity contribution < 1.29 is 0 Å². The molecule has 0 bridgehead atoms. The molecule has 0 saturated carbocycles. The van der Waals surface area contributed by atoms with Crippen molar-refractivity contribution in [2.75, 3.05) is 0 Å². The third-order valence-electron chi connectivity index (χ3n) is 3.20. The SMILES string of the molecule is NC(N=C/C=C/c1ccccc1)=Nc1nc2ccccc2c(=O)[nH]1. The lowest BCUT2D eigenvalue weighted by atomic mass is 10.2. The molecular formula is C18H15N5O. The van der Waals surface area contributed by atoms with E-state index < -0.39 is 0 Å². The maximum Gasteiger partial charge on any atom is 0.260 e. The Morgan fingerprint density at radius 3 is 2.67 bits per heavy atom.